The third-order valence-electron chi connectivity index (χ3n) is 5.77. The van der Waals surface area contributed by atoms with Gasteiger partial charge in [0, 0.05) is 45.8 Å². The molecule has 2 heterocycles. The van der Waals surface area contributed by atoms with Crippen LogP contribution in [0.1, 0.15) is 31.7 Å². The maximum Gasteiger partial charge on any atom is 0.255 e. The molecule has 3 N–H and O–H groups in total. The Morgan fingerprint density at radius 3 is 2.45 bits per heavy atom. The predicted molar refractivity (Wildman–Crippen MR) is 140 cm³/mol. The number of rotatable bonds is 8. The van der Waals surface area contributed by atoms with E-state index in [0.29, 0.717) is 18.8 Å². The van der Waals surface area contributed by atoms with Gasteiger partial charge in [0.05, 0.1) is 13.1 Å². The van der Waals surface area contributed by atoms with Crippen LogP contribution in [0.15, 0.2) is 29.3 Å². The molecule has 1 aromatic rings. The van der Waals surface area contributed by atoms with Gasteiger partial charge in [0.15, 0.2) is 12.6 Å². The zero-order chi connectivity index (χ0) is 22.8. The summed E-state index contributed by atoms with van der Waals surface area (Å²) in [5, 5.41) is 3.37. The van der Waals surface area contributed by atoms with Crippen LogP contribution in [0, 0.1) is 0 Å². The van der Waals surface area contributed by atoms with E-state index in [4.69, 9.17) is 15.5 Å². The quantitative estimate of drug-likeness (QED) is 0.277. The average Bonchev–Trinajstić information content (AvgIpc) is 2.82. The maximum atomic E-state index is 12.6. The molecule has 2 fully saturated rings. The SMILES string of the molecule is CCNC(=NCc1cccc(OCC(N)=O)c1)N1CCN(CC(=O)N2CCCCC2)CC1.I. The fraction of sp³-hybridized carbons (Fsp3) is 0.609. The Balaban J connectivity index is 0.00000385. The highest BCUT2D eigenvalue weighted by atomic mass is 127. The fourth-order valence-electron chi connectivity index (χ4n) is 4.03. The van der Waals surface area contributed by atoms with Crippen LogP contribution in [0.25, 0.3) is 0 Å². The first-order valence-electron chi connectivity index (χ1n) is 11.6. The third-order valence-corrected chi connectivity index (χ3v) is 5.77. The summed E-state index contributed by atoms with van der Waals surface area (Å²) >= 11 is 0. The number of halogens is 1. The molecule has 2 saturated heterocycles. The number of likely N-dealkylation sites (tertiary alicyclic amines) is 1. The molecule has 0 saturated carbocycles. The number of piperidine rings is 1. The van der Waals surface area contributed by atoms with Gasteiger partial charge in [-0.05, 0) is 43.9 Å². The lowest BCUT2D eigenvalue weighted by Gasteiger charge is -2.37. The van der Waals surface area contributed by atoms with E-state index in [-0.39, 0.29) is 36.5 Å². The molecule has 2 aliphatic rings. The van der Waals surface area contributed by atoms with E-state index >= 15 is 0 Å². The first-order valence-corrected chi connectivity index (χ1v) is 11.6. The van der Waals surface area contributed by atoms with Crippen LogP contribution in [0.2, 0.25) is 0 Å². The molecule has 0 unspecified atom stereocenters. The maximum absolute atomic E-state index is 12.6. The molecular formula is C23H37IN6O3. The Hall–Kier alpha value is -2.08. The molecule has 0 radical (unpaired) electrons. The number of ether oxygens (including phenoxy) is 1. The average molecular weight is 572 g/mol. The molecule has 1 aromatic carbocycles. The first kappa shape index (κ1) is 27.2. The van der Waals surface area contributed by atoms with Crippen molar-refractivity contribution in [1.29, 1.82) is 0 Å². The number of carbonyl (C=O) groups is 2. The highest BCUT2D eigenvalue weighted by Gasteiger charge is 2.24. The van der Waals surface area contributed by atoms with Crippen molar-refractivity contribution < 1.29 is 14.3 Å². The summed E-state index contributed by atoms with van der Waals surface area (Å²) in [6.07, 6.45) is 3.49. The molecule has 184 valence electrons. The van der Waals surface area contributed by atoms with Gasteiger partial charge in [-0.3, -0.25) is 14.5 Å². The van der Waals surface area contributed by atoms with Crippen LogP contribution in [-0.2, 0) is 16.1 Å². The summed E-state index contributed by atoms with van der Waals surface area (Å²) < 4.78 is 5.38. The predicted octanol–water partition coefficient (Wildman–Crippen LogP) is 1.26. The molecule has 0 aliphatic carbocycles. The molecule has 0 aromatic heterocycles. The van der Waals surface area contributed by atoms with Crippen molar-refractivity contribution >= 4 is 41.8 Å². The second kappa shape index (κ2) is 14.2. The fourth-order valence-corrected chi connectivity index (χ4v) is 4.03. The molecule has 33 heavy (non-hydrogen) atoms. The van der Waals surface area contributed by atoms with E-state index in [1.807, 2.05) is 23.1 Å². The zero-order valence-corrected chi connectivity index (χ0v) is 21.8. The lowest BCUT2D eigenvalue weighted by atomic mass is 10.1. The number of aliphatic imine (C=N–C) groups is 1. The second-order valence-electron chi connectivity index (χ2n) is 8.28. The molecule has 0 bridgehead atoms. The molecule has 10 heteroatoms. The molecule has 0 atom stereocenters. The largest absolute Gasteiger partial charge is 0.484 e. The smallest absolute Gasteiger partial charge is 0.255 e. The van der Waals surface area contributed by atoms with Crippen molar-refractivity contribution in [1.82, 2.24) is 20.0 Å². The molecule has 2 aliphatic heterocycles. The normalized spacial score (nSPS) is 17.3. The number of primary amides is 1. The minimum atomic E-state index is -0.500. The molecule has 3 rings (SSSR count). The van der Waals surface area contributed by atoms with Crippen LogP contribution in [0.4, 0.5) is 0 Å². The standard InChI is InChI=1S/C23H36N6O3.HI/c1-2-25-23(26-16-19-7-6-8-20(15-19)32-18-21(24)30)29-13-11-27(12-14-29)17-22(31)28-9-4-3-5-10-28;/h6-8,15H,2-5,9-14,16-18H2,1H3,(H2,24,30)(H,25,26);1H. The first-order chi connectivity index (χ1) is 15.5. The van der Waals surface area contributed by atoms with Crippen LogP contribution >= 0.6 is 24.0 Å². The number of amides is 2. The van der Waals surface area contributed by atoms with Gasteiger partial charge in [0.1, 0.15) is 5.75 Å². The summed E-state index contributed by atoms with van der Waals surface area (Å²) in [6.45, 7) is 8.90. The summed E-state index contributed by atoms with van der Waals surface area (Å²) in [5.41, 5.74) is 6.14. The highest BCUT2D eigenvalue weighted by Crippen LogP contribution is 2.15. The van der Waals surface area contributed by atoms with E-state index in [1.165, 1.54) is 6.42 Å². The number of nitrogens with two attached hydrogens (primary N) is 1. The monoisotopic (exact) mass is 572 g/mol. The van der Waals surface area contributed by atoms with Crippen molar-refractivity contribution in [3.05, 3.63) is 29.8 Å². The van der Waals surface area contributed by atoms with Crippen LogP contribution in [0.5, 0.6) is 5.75 Å². The van der Waals surface area contributed by atoms with Gasteiger partial charge in [-0.25, -0.2) is 4.99 Å². The van der Waals surface area contributed by atoms with Crippen LogP contribution < -0.4 is 15.8 Å². The lowest BCUT2D eigenvalue weighted by molar-refractivity contribution is -0.133. The highest BCUT2D eigenvalue weighted by molar-refractivity contribution is 14.0. The number of nitrogens with one attached hydrogen (secondary N) is 1. The number of guanidine groups is 1. The molecule has 2 amide bonds. The number of hydrogen-bond donors (Lipinski definition) is 2. The van der Waals surface area contributed by atoms with E-state index in [0.717, 1.165) is 70.2 Å². The molecule has 9 nitrogen and oxygen atoms in total. The number of benzene rings is 1. The number of nitrogens with zero attached hydrogens (tertiary/aromatic N) is 4. The van der Waals surface area contributed by atoms with Gasteiger partial charge in [0.25, 0.3) is 5.91 Å². The minimum Gasteiger partial charge on any atom is -0.484 e. The van der Waals surface area contributed by atoms with Gasteiger partial charge in [-0.2, -0.15) is 0 Å². The van der Waals surface area contributed by atoms with E-state index in [9.17, 15) is 9.59 Å². The Morgan fingerprint density at radius 1 is 1.06 bits per heavy atom. The summed E-state index contributed by atoms with van der Waals surface area (Å²) in [5.74, 6) is 1.24. The van der Waals surface area contributed by atoms with Gasteiger partial charge in [-0.1, -0.05) is 12.1 Å². The summed E-state index contributed by atoms with van der Waals surface area (Å²) in [4.78, 5) is 34.8. The van der Waals surface area contributed by atoms with Crippen LogP contribution in [-0.4, -0.2) is 91.4 Å². The van der Waals surface area contributed by atoms with Gasteiger partial charge >= 0.3 is 0 Å². The Kier molecular flexibility index (Phi) is 11.7. The number of piperazine rings is 1. The van der Waals surface area contributed by atoms with E-state index < -0.39 is 5.91 Å². The molecule has 0 spiro atoms. The number of hydrogen-bond acceptors (Lipinski definition) is 5. The van der Waals surface area contributed by atoms with E-state index in [1.54, 1.807) is 6.07 Å². The Bertz CT molecular complexity index is 792. The van der Waals surface area contributed by atoms with Crippen LogP contribution in [0.3, 0.4) is 0 Å². The zero-order valence-electron chi connectivity index (χ0n) is 19.5. The summed E-state index contributed by atoms with van der Waals surface area (Å²) in [6, 6.07) is 7.53. The van der Waals surface area contributed by atoms with Crippen molar-refractivity contribution in [3.63, 3.8) is 0 Å². The second-order valence-corrected chi connectivity index (χ2v) is 8.28. The Morgan fingerprint density at radius 2 is 1.79 bits per heavy atom. The van der Waals surface area contributed by atoms with Gasteiger partial charge < -0.3 is 25.6 Å². The van der Waals surface area contributed by atoms with Gasteiger partial charge in [0.2, 0.25) is 5.91 Å². The molecular weight excluding hydrogens is 535 g/mol. The Labute approximate surface area is 213 Å². The van der Waals surface area contributed by atoms with Gasteiger partial charge in [-0.15, -0.1) is 24.0 Å². The van der Waals surface area contributed by atoms with Crippen molar-refractivity contribution in [2.24, 2.45) is 10.7 Å². The topological polar surface area (TPSA) is 103 Å². The van der Waals surface area contributed by atoms with Crippen molar-refractivity contribution in [2.75, 3.05) is 59.0 Å². The van der Waals surface area contributed by atoms with E-state index in [2.05, 4.69) is 22.0 Å². The van der Waals surface area contributed by atoms with Crippen molar-refractivity contribution in [2.45, 2.75) is 32.7 Å². The lowest BCUT2D eigenvalue weighted by Crippen LogP contribution is -2.54. The number of carbonyl (C=O) groups excluding carboxylic acids is 2. The summed E-state index contributed by atoms with van der Waals surface area (Å²) in [7, 11) is 0. The van der Waals surface area contributed by atoms with Crippen molar-refractivity contribution in [3.8, 4) is 5.75 Å². The minimum absolute atomic E-state index is 0. The third kappa shape index (κ3) is 9.00.